The van der Waals surface area contributed by atoms with Crippen molar-refractivity contribution in [1.29, 1.82) is 0 Å². The van der Waals surface area contributed by atoms with Crippen molar-refractivity contribution >= 4 is 27.6 Å². The summed E-state index contributed by atoms with van der Waals surface area (Å²) in [6, 6.07) is 17.4. The summed E-state index contributed by atoms with van der Waals surface area (Å²) in [5.74, 6) is 0.825. The number of hydrogen-bond acceptors (Lipinski definition) is 3. The lowest BCUT2D eigenvalue weighted by molar-refractivity contribution is 0.107. The van der Waals surface area contributed by atoms with Crippen LogP contribution in [0.3, 0.4) is 0 Å². The summed E-state index contributed by atoms with van der Waals surface area (Å²) in [7, 11) is 0. The molecule has 3 rings (SSSR count). The van der Waals surface area contributed by atoms with Gasteiger partial charge in [0.15, 0.2) is 0 Å². The number of halogens is 1. The van der Waals surface area contributed by atoms with E-state index in [-0.39, 0.29) is 5.69 Å². The molecule has 104 valence electrons. The molecular formula is C17H12ClNO2. The Morgan fingerprint density at radius 1 is 1.05 bits per heavy atom. The third kappa shape index (κ3) is 3.03. The minimum absolute atomic E-state index is 0.241. The lowest BCUT2D eigenvalue weighted by atomic mass is 10.1. The second kappa shape index (κ2) is 5.94. The van der Waals surface area contributed by atoms with E-state index < -0.39 is 5.24 Å². The molecule has 3 aromatic rings. The van der Waals surface area contributed by atoms with Crippen LogP contribution >= 0.6 is 11.6 Å². The SMILES string of the molecule is O=C(Cl)c1ccc(COc2cccc3ccccc23)cn1. The zero-order valence-electron chi connectivity index (χ0n) is 11.1. The van der Waals surface area contributed by atoms with Crippen molar-refractivity contribution in [2.75, 3.05) is 0 Å². The maximum absolute atomic E-state index is 11.0. The molecule has 1 aromatic heterocycles. The molecule has 0 aliphatic rings. The zero-order valence-corrected chi connectivity index (χ0v) is 11.9. The second-order valence-electron chi connectivity index (χ2n) is 4.59. The van der Waals surface area contributed by atoms with Crippen LogP contribution in [0, 0.1) is 0 Å². The molecule has 0 saturated heterocycles. The molecule has 0 spiro atoms. The van der Waals surface area contributed by atoms with Crippen LogP contribution in [0.2, 0.25) is 0 Å². The normalized spacial score (nSPS) is 10.5. The predicted octanol–water partition coefficient (Wildman–Crippen LogP) is 4.19. The molecule has 21 heavy (non-hydrogen) atoms. The Morgan fingerprint density at radius 3 is 2.62 bits per heavy atom. The van der Waals surface area contributed by atoms with Crippen LogP contribution in [0.5, 0.6) is 5.75 Å². The van der Waals surface area contributed by atoms with E-state index in [1.165, 1.54) is 0 Å². The first-order chi connectivity index (χ1) is 10.2. The van der Waals surface area contributed by atoms with Crippen LogP contribution in [-0.4, -0.2) is 10.2 Å². The quantitative estimate of drug-likeness (QED) is 0.678. The van der Waals surface area contributed by atoms with Gasteiger partial charge in [0.25, 0.3) is 5.24 Å². The summed E-state index contributed by atoms with van der Waals surface area (Å²) < 4.78 is 5.85. The summed E-state index contributed by atoms with van der Waals surface area (Å²) in [5.41, 5.74) is 1.12. The number of benzene rings is 2. The van der Waals surface area contributed by atoms with Gasteiger partial charge in [-0.1, -0.05) is 42.5 Å². The fourth-order valence-electron chi connectivity index (χ4n) is 2.11. The van der Waals surface area contributed by atoms with Crippen molar-refractivity contribution in [3.05, 3.63) is 72.1 Å². The van der Waals surface area contributed by atoms with Gasteiger partial charge in [-0.25, -0.2) is 0 Å². The average molecular weight is 298 g/mol. The number of fused-ring (bicyclic) bond motifs is 1. The van der Waals surface area contributed by atoms with Gasteiger partial charge in [0.1, 0.15) is 18.1 Å². The van der Waals surface area contributed by atoms with Crippen LogP contribution in [0.15, 0.2) is 60.8 Å². The van der Waals surface area contributed by atoms with E-state index in [0.717, 1.165) is 22.1 Å². The fourth-order valence-corrected chi connectivity index (χ4v) is 2.22. The van der Waals surface area contributed by atoms with E-state index >= 15 is 0 Å². The van der Waals surface area contributed by atoms with Crippen LogP contribution in [-0.2, 0) is 6.61 Å². The van der Waals surface area contributed by atoms with E-state index in [1.807, 2.05) is 42.5 Å². The molecule has 0 atom stereocenters. The topological polar surface area (TPSA) is 39.2 Å². The molecule has 1 heterocycles. The van der Waals surface area contributed by atoms with Crippen LogP contribution in [0.4, 0.5) is 0 Å². The molecule has 0 radical (unpaired) electrons. The molecule has 0 unspecified atom stereocenters. The molecule has 3 nitrogen and oxygen atoms in total. The first kappa shape index (κ1) is 13.6. The van der Waals surface area contributed by atoms with Gasteiger partial charge in [-0.15, -0.1) is 0 Å². The smallest absolute Gasteiger partial charge is 0.270 e. The maximum atomic E-state index is 11.0. The average Bonchev–Trinajstić information content (AvgIpc) is 2.53. The van der Waals surface area contributed by atoms with Gasteiger partial charge >= 0.3 is 0 Å². The Labute approximate surface area is 127 Å². The standard InChI is InChI=1S/C17H12ClNO2/c18-17(20)15-9-8-12(10-19-15)11-21-16-7-3-5-13-4-1-2-6-14(13)16/h1-10H,11H2. The monoisotopic (exact) mass is 297 g/mol. The Bertz CT molecular complexity index is 779. The molecular weight excluding hydrogens is 286 g/mol. The number of rotatable bonds is 4. The van der Waals surface area contributed by atoms with Gasteiger partial charge in [-0.3, -0.25) is 9.78 Å². The Kier molecular flexibility index (Phi) is 3.84. The first-order valence-corrected chi connectivity index (χ1v) is 6.87. The van der Waals surface area contributed by atoms with Crippen molar-refractivity contribution in [2.24, 2.45) is 0 Å². The molecule has 4 heteroatoms. The Balaban J connectivity index is 1.79. The molecule has 0 aliphatic heterocycles. The number of carbonyl (C=O) groups is 1. The van der Waals surface area contributed by atoms with E-state index in [1.54, 1.807) is 18.3 Å². The number of ether oxygens (including phenoxy) is 1. The van der Waals surface area contributed by atoms with Crippen LogP contribution < -0.4 is 4.74 Å². The van der Waals surface area contributed by atoms with Crippen molar-refractivity contribution in [2.45, 2.75) is 6.61 Å². The number of pyridine rings is 1. The van der Waals surface area contributed by atoms with Crippen LogP contribution in [0.25, 0.3) is 10.8 Å². The second-order valence-corrected chi connectivity index (χ2v) is 4.93. The highest BCUT2D eigenvalue weighted by Crippen LogP contribution is 2.25. The molecule has 2 aromatic carbocycles. The summed E-state index contributed by atoms with van der Waals surface area (Å²) in [6.07, 6.45) is 1.60. The van der Waals surface area contributed by atoms with Crippen molar-refractivity contribution < 1.29 is 9.53 Å². The minimum Gasteiger partial charge on any atom is -0.488 e. The van der Waals surface area contributed by atoms with E-state index in [2.05, 4.69) is 4.98 Å². The van der Waals surface area contributed by atoms with Gasteiger partial charge in [0.05, 0.1) is 0 Å². The third-order valence-electron chi connectivity index (χ3n) is 3.17. The predicted molar refractivity (Wildman–Crippen MR) is 82.7 cm³/mol. The highest BCUT2D eigenvalue weighted by Gasteiger charge is 2.05. The lowest BCUT2D eigenvalue weighted by Crippen LogP contribution is -1.99. The number of hydrogen-bond donors (Lipinski definition) is 0. The summed E-state index contributed by atoms with van der Waals surface area (Å²) >= 11 is 5.36. The molecule has 0 amide bonds. The van der Waals surface area contributed by atoms with E-state index in [4.69, 9.17) is 16.3 Å². The van der Waals surface area contributed by atoms with Gasteiger partial charge in [-0.2, -0.15) is 0 Å². The van der Waals surface area contributed by atoms with Crippen molar-refractivity contribution in [3.63, 3.8) is 0 Å². The van der Waals surface area contributed by atoms with Gasteiger partial charge in [0.2, 0.25) is 0 Å². The number of nitrogens with zero attached hydrogens (tertiary/aromatic N) is 1. The summed E-state index contributed by atoms with van der Waals surface area (Å²) in [5, 5.41) is 1.65. The van der Waals surface area contributed by atoms with E-state index in [9.17, 15) is 4.79 Å². The number of carbonyl (C=O) groups excluding carboxylic acids is 1. The largest absolute Gasteiger partial charge is 0.488 e. The molecule has 0 N–H and O–H groups in total. The van der Waals surface area contributed by atoms with Gasteiger partial charge < -0.3 is 4.74 Å². The first-order valence-electron chi connectivity index (χ1n) is 6.49. The molecule has 0 bridgehead atoms. The summed E-state index contributed by atoms with van der Waals surface area (Å²) in [6.45, 7) is 0.387. The number of aromatic nitrogens is 1. The van der Waals surface area contributed by atoms with Crippen LogP contribution in [0.1, 0.15) is 16.1 Å². The van der Waals surface area contributed by atoms with E-state index in [0.29, 0.717) is 6.61 Å². The van der Waals surface area contributed by atoms with Gasteiger partial charge in [0, 0.05) is 17.1 Å². The van der Waals surface area contributed by atoms with Crippen molar-refractivity contribution in [1.82, 2.24) is 4.98 Å². The van der Waals surface area contributed by atoms with Crippen molar-refractivity contribution in [3.8, 4) is 5.75 Å². The Morgan fingerprint density at radius 2 is 1.86 bits per heavy atom. The minimum atomic E-state index is -0.559. The Hall–Kier alpha value is -2.39. The third-order valence-corrected chi connectivity index (χ3v) is 3.36. The summed E-state index contributed by atoms with van der Waals surface area (Å²) in [4.78, 5) is 14.9. The highest BCUT2D eigenvalue weighted by molar-refractivity contribution is 6.67. The molecule has 0 fully saturated rings. The molecule has 0 saturated carbocycles. The maximum Gasteiger partial charge on any atom is 0.270 e. The zero-order chi connectivity index (χ0) is 14.7. The highest BCUT2D eigenvalue weighted by atomic mass is 35.5. The fraction of sp³-hybridized carbons (Fsp3) is 0.0588. The lowest BCUT2D eigenvalue weighted by Gasteiger charge is -2.09. The molecule has 0 aliphatic carbocycles. The van der Waals surface area contributed by atoms with Gasteiger partial charge in [-0.05, 0) is 29.1 Å².